The summed E-state index contributed by atoms with van der Waals surface area (Å²) < 4.78 is 5.64. The number of ether oxygens (including phenoxy) is 1. The minimum Gasteiger partial charge on any atom is -0.378 e. The van der Waals surface area contributed by atoms with Crippen LogP contribution in [-0.4, -0.2) is 24.2 Å². The van der Waals surface area contributed by atoms with Gasteiger partial charge in [0.15, 0.2) is 0 Å². The van der Waals surface area contributed by atoms with E-state index in [2.05, 4.69) is 11.9 Å². The molecule has 2 unspecified atom stereocenters. The normalized spacial score (nSPS) is 31.0. The van der Waals surface area contributed by atoms with E-state index in [1.807, 2.05) is 13.1 Å². The van der Waals surface area contributed by atoms with E-state index in [1.54, 1.807) is 11.3 Å². The third-order valence-electron chi connectivity index (χ3n) is 3.43. The molecule has 2 N–H and O–H groups in total. The van der Waals surface area contributed by atoms with Crippen LogP contribution in [0.5, 0.6) is 0 Å². The second-order valence-electron chi connectivity index (χ2n) is 4.35. The fourth-order valence-electron chi connectivity index (χ4n) is 2.23. The quantitative estimate of drug-likeness (QED) is 0.854. The van der Waals surface area contributed by atoms with Crippen LogP contribution in [0.15, 0.2) is 6.20 Å². The summed E-state index contributed by atoms with van der Waals surface area (Å²) in [6.45, 7) is 5.72. The second-order valence-corrected chi connectivity index (χ2v) is 5.67. The highest BCUT2D eigenvalue weighted by atomic mass is 32.1. The standard InChI is InChI=1S/C11H18N2OS/c1-8-11(7-12,3-4-14-8)5-10-6-13-9(2)15-10/h6,8H,3-5,7,12H2,1-2H3. The molecule has 15 heavy (non-hydrogen) atoms. The van der Waals surface area contributed by atoms with Gasteiger partial charge in [-0.15, -0.1) is 11.3 Å². The smallest absolute Gasteiger partial charge is 0.0896 e. The molecule has 84 valence electrons. The predicted molar refractivity (Wildman–Crippen MR) is 62.1 cm³/mol. The Balaban J connectivity index is 2.14. The first-order chi connectivity index (χ1) is 7.16. The largest absolute Gasteiger partial charge is 0.378 e. The SMILES string of the molecule is Cc1ncc(CC2(CN)CCOC2C)s1. The van der Waals surface area contributed by atoms with Crippen molar-refractivity contribution in [2.75, 3.05) is 13.2 Å². The first-order valence-electron chi connectivity index (χ1n) is 5.39. The molecule has 0 saturated carbocycles. The third-order valence-corrected chi connectivity index (χ3v) is 4.34. The van der Waals surface area contributed by atoms with Gasteiger partial charge >= 0.3 is 0 Å². The van der Waals surface area contributed by atoms with Gasteiger partial charge in [0.05, 0.1) is 11.1 Å². The minimum atomic E-state index is 0.138. The zero-order valence-electron chi connectivity index (χ0n) is 9.32. The molecule has 0 radical (unpaired) electrons. The van der Waals surface area contributed by atoms with Crippen molar-refractivity contribution in [3.8, 4) is 0 Å². The monoisotopic (exact) mass is 226 g/mol. The van der Waals surface area contributed by atoms with Crippen LogP contribution in [0.2, 0.25) is 0 Å². The van der Waals surface area contributed by atoms with Crippen molar-refractivity contribution < 1.29 is 4.74 Å². The molecule has 2 heterocycles. The van der Waals surface area contributed by atoms with Crippen molar-refractivity contribution in [2.45, 2.75) is 32.8 Å². The van der Waals surface area contributed by atoms with E-state index in [4.69, 9.17) is 10.5 Å². The average molecular weight is 226 g/mol. The van der Waals surface area contributed by atoms with Crippen molar-refractivity contribution in [3.05, 3.63) is 16.1 Å². The summed E-state index contributed by atoms with van der Waals surface area (Å²) in [4.78, 5) is 5.61. The van der Waals surface area contributed by atoms with E-state index in [-0.39, 0.29) is 11.5 Å². The van der Waals surface area contributed by atoms with E-state index in [0.717, 1.165) is 24.5 Å². The Morgan fingerprint density at radius 3 is 3.00 bits per heavy atom. The van der Waals surface area contributed by atoms with E-state index in [9.17, 15) is 0 Å². The molecule has 1 aromatic heterocycles. The number of nitrogens with two attached hydrogens (primary N) is 1. The lowest BCUT2D eigenvalue weighted by Gasteiger charge is -2.30. The molecule has 2 rings (SSSR count). The molecule has 1 aromatic rings. The van der Waals surface area contributed by atoms with Gasteiger partial charge < -0.3 is 10.5 Å². The van der Waals surface area contributed by atoms with Crippen molar-refractivity contribution in [1.29, 1.82) is 0 Å². The summed E-state index contributed by atoms with van der Waals surface area (Å²) in [6.07, 6.45) is 4.32. The lowest BCUT2D eigenvalue weighted by Crippen LogP contribution is -2.38. The summed E-state index contributed by atoms with van der Waals surface area (Å²) in [5, 5.41) is 1.13. The predicted octanol–water partition coefficient (Wildman–Crippen LogP) is 1.75. The van der Waals surface area contributed by atoms with Crippen molar-refractivity contribution in [1.82, 2.24) is 4.98 Å². The van der Waals surface area contributed by atoms with Crippen molar-refractivity contribution in [2.24, 2.45) is 11.1 Å². The Kier molecular flexibility index (Phi) is 3.09. The van der Waals surface area contributed by atoms with E-state index < -0.39 is 0 Å². The van der Waals surface area contributed by atoms with Gasteiger partial charge in [-0.3, -0.25) is 0 Å². The molecule has 0 aromatic carbocycles. The van der Waals surface area contributed by atoms with E-state index in [1.165, 1.54) is 4.88 Å². The van der Waals surface area contributed by atoms with Crippen LogP contribution in [0.3, 0.4) is 0 Å². The van der Waals surface area contributed by atoms with Crippen LogP contribution in [0.1, 0.15) is 23.2 Å². The Bertz CT molecular complexity index is 339. The highest BCUT2D eigenvalue weighted by Crippen LogP contribution is 2.38. The fraction of sp³-hybridized carbons (Fsp3) is 0.727. The molecule has 1 aliphatic heterocycles. The number of hydrogen-bond acceptors (Lipinski definition) is 4. The van der Waals surface area contributed by atoms with E-state index >= 15 is 0 Å². The van der Waals surface area contributed by atoms with Gasteiger partial charge in [0, 0.05) is 29.6 Å². The summed E-state index contributed by atoms with van der Waals surface area (Å²) in [7, 11) is 0. The third kappa shape index (κ3) is 2.07. The number of hydrogen-bond donors (Lipinski definition) is 1. The fourth-order valence-corrected chi connectivity index (χ4v) is 3.18. The van der Waals surface area contributed by atoms with Crippen molar-refractivity contribution >= 4 is 11.3 Å². The Labute approximate surface area is 94.7 Å². The lowest BCUT2D eigenvalue weighted by molar-refractivity contribution is 0.0677. The van der Waals surface area contributed by atoms with Crippen LogP contribution in [0, 0.1) is 12.3 Å². The number of aromatic nitrogens is 1. The van der Waals surface area contributed by atoms with Gasteiger partial charge in [-0.25, -0.2) is 4.98 Å². The van der Waals surface area contributed by atoms with Gasteiger partial charge in [0.1, 0.15) is 0 Å². The molecule has 3 nitrogen and oxygen atoms in total. The second kappa shape index (κ2) is 4.20. The maximum absolute atomic E-state index is 5.92. The molecule has 2 atom stereocenters. The molecular weight excluding hydrogens is 208 g/mol. The van der Waals surface area contributed by atoms with Gasteiger partial charge in [-0.1, -0.05) is 0 Å². The summed E-state index contributed by atoms with van der Waals surface area (Å²) in [5.74, 6) is 0. The van der Waals surface area contributed by atoms with Crippen molar-refractivity contribution in [3.63, 3.8) is 0 Å². The van der Waals surface area contributed by atoms with E-state index in [0.29, 0.717) is 6.54 Å². The molecule has 0 spiro atoms. The molecule has 1 fully saturated rings. The maximum atomic E-state index is 5.92. The molecule has 0 amide bonds. The molecule has 1 aliphatic rings. The van der Waals surface area contributed by atoms with Crippen LogP contribution in [0.25, 0.3) is 0 Å². The molecule has 1 saturated heterocycles. The number of rotatable bonds is 3. The van der Waals surface area contributed by atoms with Gasteiger partial charge in [0.2, 0.25) is 0 Å². The molecule has 0 aliphatic carbocycles. The molecule has 4 heteroatoms. The van der Waals surface area contributed by atoms with Crippen LogP contribution in [0.4, 0.5) is 0 Å². The number of nitrogens with zero attached hydrogens (tertiary/aromatic N) is 1. The summed E-state index contributed by atoms with van der Waals surface area (Å²) in [5.41, 5.74) is 6.06. The highest BCUT2D eigenvalue weighted by Gasteiger charge is 2.40. The number of aryl methyl sites for hydroxylation is 1. The Morgan fingerprint density at radius 1 is 1.73 bits per heavy atom. The zero-order valence-corrected chi connectivity index (χ0v) is 10.1. The maximum Gasteiger partial charge on any atom is 0.0896 e. The van der Waals surface area contributed by atoms with Crippen LogP contribution < -0.4 is 5.73 Å². The summed E-state index contributed by atoms with van der Waals surface area (Å²) in [6, 6.07) is 0. The van der Waals surface area contributed by atoms with Gasteiger partial charge in [-0.05, 0) is 26.7 Å². The first-order valence-corrected chi connectivity index (χ1v) is 6.21. The molecular formula is C11H18N2OS. The van der Waals surface area contributed by atoms with Crippen LogP contribution in [-0.2, 0) is 11.2 Å². The first kappa shape index (κ1) is 11.0. The van der Waals surface area contributed by atoms with Crippen LogP contribution >= 0.6 is 11.3 Å². The average Bonchev–Trinajstić information content (AvgIpc) is 2.76. The minimum absolute atomic E-state index is 0.138. The number of thiazole rings is 1. The highest BCUT2D eigenvalue weighted by molar-refractivity contribution is 7.11. The van der Waals surface area contributed by atoms with Gasteiger partial charge in [0.25, 0.3) is 0 Å². The Hall–Kier alpha value is -0.450. The Morgan fingerprint density at radius 2 is 2.53 bits per heavy atom. The summed E-state index contributed by atoms with van der Waals surface area (Å²) >= 11 is 1.77. The molecule has 0 bridgehead atoms. The topological polar surface area (TPSA) is 48.1 Å². The van der Waals surface area contributed by atoms with Gasteiger partial charge in [-0.2, -0.15) is 0 Å². The lowest BCUT2D eigenvalue weighted by atomic mass is 9.78. The zero-order chi connectivity index (χ0) is 10.9.